The molecule has 1 N–H and O–H groups in total. The van der Waals surface area contributed by atoms with Gasteiger partial charge in [0.25, 0.3) is 0 Å². The fourth-order valence-electron chi connectivity index (χ4n) is 2.51. The molecule has 0 fully saturated rings. The molecule has 0 bridgehead atoms. The maximum Gasteiger partial charge on any atom is 0.227 e. The molecule has 132 valence electrons. The van der Waals surface area contributed by atoms with E-state index in [2.05, 4.69) is 15.3 Å². The molecule has 1 amide bonds. The third-order valence-corrected chi connectivity index (χ3v) is 4.09. The van der Waals surface area contributed by atoms with Gasteiger partial charge in [-0.2, -0.15) is 0 Å². The molecular weight excluding hydrogens is 326 g/mol. The molecule has 2 heterocycles. The molecule has 26 heavy (non-hydrogen) atoms. The first-order valence-electron chi connectivity index (χ1n) is 8.50. The van der Waals surface area contributed by atoms with Crippen molar-refractivity contribution in [2.75, 3.05) is 0 Å². The lowest BCUT2D eigenvalue weighted by Gasteiger charge is -2.14. The van der Waals surface area contributed by atoms with Crippen molar-refractivity contribution in [3.63, 3.8) is 0 Å². The molecule has 0 saturated heterocycles. The number of hydrogen-bond acceptors (Lipinski definition) is 4. The predicted molar refractivity (Wildman–Crippen MR) is 100.0 cm³/mol. The van der Waals surface area contributed by atoms with Gasteiger partial charge < -0.3 is 10.1 Å². The summed E-state index contributed by atoms with van der Waals surface area (Å²) in [6, 6.07) is 17.1. The van der Waals surface area contributed by atoms with E-state index in [1.54, 1.807) is 12.4 Å². The Kier molecular flexibility index (Phi) is 5.59. The molecule has 5 nitrogen and oxygen atoms in total. The average molecular weight is 347 g/mol. The van der Waals surface area contributed by atoms with Crippen LogP contribution in [0.2, 0.25) is 0 Å². The molecule has 0 aliphatic heterocycles. The van der Waals surface area contributed by atoms with Crippen LogP contribution >= 0.6 is 0 Å². The van der Waals surface area contributed by atoms with E-state index in [1.807, 2.05) is 68.4 Å². The summed E-state index contributed by atoms with van der Waals surface area (Å²) in [5.74, 6) is 0.812. The number of ether oxygens (including phenoxy) is 1. The van der Waals surface area contributed by atoms with Gasteiger partial charge >= 0.3 is 0 Å². The summed E-state index contributed by atoms with van der Waals surface area (Å²) < 4.78 is 5.82. The normalized spacial score (nSPS) is 11.6. The minimum Gasteiger partial charge on any atom is -0.437 e. The number of carbonyl (C=O) groups excluding carboxylic acids is 1. The zero-order valence-electron chi connectivity index (χ0n) is 14.8. The van der Waals surface area contributed by atoms with Crippen molar-refractivity contribution in [1.29, 1.82) is 0 Å². The maximum absolute atomic E-state index is 12.4. The van der Waals surface area contributed by atoms with Crippen molar-refractivity contribution < 1.29 is 9.53 Å². The molecule has 2 aromatic heterocycles. The highest BCUT2D eigenvalue weighted by atomic mass is 16.5. The van der Waals surface area contributed by atoms with E-state index in [0.717, 1.165) is 16.8 Å². The first kappa shape index (κ1) is 17.6. The van der Waals surface area contributed by atoms with Gasteiger partial charge in [0, 0.05) is 24.0 Å². The van der Waals surface area contributed by atoms with Crippen molar-refractivity contribution in [3.8, 4) is 11.6 Å². The zero-order valence-corrected chi connectivity index (χ0v) is 14.8. The monoisotopic (exact) mass is 347 g/mol. The minimum atomic E-state index is -0.224. The molecule has 0 spiro atoms. The van der Waals surface area contributed by atoms with E-state index in [-0.39, 0.29) is 11.8 Å². The number of aromatic nitrogens is 2. The Labute approximate surface area is 153 Å². The molecule has 0 aliphatic carbocycles. The quantitative estimate of drug-likeness (QED) is 0.732. The lowest BCUT2D eigenvalue weighted by atomic mass is 10.0. The second-order valence-corrected chi connectivity index (χ2v) is 6.06. The van der Waals surface area contributed by atoms with Gasteiger partial charge in [-0.05, 0) is 37.6 Å². The Morgan fingerprint density at radius 2 is 1.88 bits per heavy atom. The topological polar surface area (TPSA) is 64.1 Å². The summed E-state index contributed by atoms with van der Waals surface area (Å²) in [5, 5.41) is 2.96. The number of nitrogens with zero attached hydrogens (tertiary/aromatic N) is 2. The Hall–Kier alpha value is -3.21. The summed E-state index contributed by atoms with van der Waals surface area (Å²) in [5.41, 5.74) is 2.71. The van der Waals surface area contributed by atoms with E-state index in [9.17, 15) is 4.79 Å². The number of benzene rings is 1. The highest BCUT2D eigenvalue weighted by Gasteiger charge is 2.15. The second-order valence-electron chi connectivity index (χ2n) is 6.06. The number of rotatable bonds is 6. The summed E-state index contributed by atoms with van der Waals surface area (Å²) in [4.78, 5) is 20.9. The van der Waals surface area contributed by atoms with Crippen LogP contribution in [0.1, 0.15) is 29.7 Å². The number of carbonyl (C=O) groups is 1. The summed E-state index contributed by atoms with van der Waals surface area (Å²) in [6.45, 7) is 4.15. The number of aryl methyl sites for hydroxylation is 1. The third kappa shape index (κ3) is 4.45. The first-order valence-corrected chi connectivity index (χ1v) is 8.50. The van der Waals surface area contributed by atoms with Gasteiger partial charge in [-0.3, -0.25) is 9.78 Å². The predicted octanol–water partition coefficient (Wildman–Crippen LogP) is 4.00. The lowest BCUT2D eigenvalue weighted by molar-refractivity contribution is -0.122. The van der Waals surface area contributed by atoms with Gasteiger partial charge in [0.05, 0.1) is 12.1 Å². The van der Waals surface area contributed by atoms with Crippen LogP contribution in [0.3, 0.4) is 0 Å². The SMILES string of the molecule is Cc1ccc(Oc2ncccc2CNC(=O)C(C)c2ccccc2)cn1. The van der Waals surface area contributed by atoms with Gasteiger partial charge in [-0.1, -0.05) is 36.4 Å². The number of pyridine rings is 2. The summed E-state index contributed by atoms with van der Waals surface area (Å²) in [7, 11) is 0. The standard InChI is InChI=1S/C21H21N3O2/c1-15-10-11-19(14-23-15)26-21-18(9-6-12-22-21)13-24-20(25)16(2)17-7-4-3-5-8-17/h3-12,14,16H,13H2,1-2H3,(H,24,25). The van der Waals surface area contributed by atoms with Gasteiger partial charge in [-0.25, -0.2) is 4.98 Å². The Bertz CT molecular complexity index is 864. The van der Waals surface area contributed by atoms with E-state index < -0.39 is 0 Å². The van der Waals surface area contributed by atoms with E-state index in [1.165, 1.54) is 0 Å². The van der Waals surface area contributed by atoms with Gasteiger partial charge in [0.1, 0.15) is 5.75 Å². The molecule has 5 heteroatoms. The molecule has 1 atom stereocenters. The fraction of sp³-hybridized carbons (Fsp3) is 0.190. The highest BCUT2D eigenvalue weighted by molar-refractivity contribution is 5.83. The van der Waals surface area contributed by atoms with Crippen LogP contribution in [-0.4, -0.2) is 15.9 Å². The van der Waals surface area contributed by atoms with Crippen LogP contribution in [0.4, 0.5) is 0 Å². The zero-order chi connectivity index (χ0) is 18.4. The molecule has 3 rings (SSSR count). The molecule has 3 aromatic rings. The maximum atomic E-state index is 12.4. The van der Waals surface area contributed by atoms with Crippen molar-refractivity contribution in [3.05, 3.63) is 83.8 Å². The average Bonchev–Trinajstić information content (AvgIpc) is 2.69. The third-order valence-electron chi connectivity index (χ3n) is 4.09. The van der Waals surface area contributed by atoms with Crippen LogP contribution in [-0.2, 0) is 11.3 Å². The first-order chi connectivity index (χ1) is 12.6. The summed E-state index contributed by atoms with van der Waals surface area (Å²) >= 11 is 0. The Balaban J connectivity index is 1.66. The van der Waals surface area contributed by atoms with Crippen molar-refractivity contribution >= 4 is 5.91 Å². The molecule has 0 aliphatic rings. The minimum absolute atomic E-state index is 0.0389. The molecule has 0 saturated carbocycles. The lowest BCUT2D eigenvalue weighted by Crippen LogP contribution is -2.27. The van der Waals surface area contributed by atoms with Crippen LogP contribution in [0.5, 0.6) is 11.6 Å². The van der Waals surface area contributed by atoms with Gasteiger partial charge in [-0.15, -0.1) is 0 Å². The van der Waals surface area contributed by atoms with E-state index >= 15 is 0 Å². The van der Waals surface area contributed by atoms with E-state index in [4.69, 9.17) is 4.74 Å². The van der Waals surface area contributed by atoms with Crippen LogP contribution in [0.25, 0.3) is 0 Å². The highest BCUT2D eigenvalue weighted by Crippen LogP contribution is 2.22. The Morgan fingerprint density at radius 1 is 1.08 bits per heavy atom. The van der Waals surface area contributed by atoms with Crippen LogP contribution < -0.4 is 10.1 Å². The molecule has 1 aromatic carbocycles. The Morgan fingerprint density at radius 3 is 2.62 bits per heavy atom. The largest absolute Gasteiger partial charge is 0.437 e. The van der Waals surface area contributed by atoms with Crippen LogP contribution in [0.15, 0.2) is 67.0 Å². The molecular formula is C21H21N3O2. The van der Waals surface area contributed by atoms with Crippen molar-refractivity contribution in [2.45, 2.75) is 26.3 Å². The smallest absolute Gasteiger partial charge is 0.227 e. The van der Waals surface area contributed by atoms with Gasteiger partial charge in [0.15, 0.2) is 0 Å². The van der Waals surface area contributed by atoms with Gasteiger partial charge in [0.2, 0.25) is 11.8 Å². The molecule has 0 radical (unpaired) electrons. The number of nitrogens with one attached hydrogen (secondary N) is 1. The molecule has 1 unspecified atom stereocenters. The number of hydrogen-bond donors (Lipinski definition) is 1. The van der Waals surface area contributed by atoms with E-state index in [0.29, 0.717) is 18.2 Å². The second kappa shape index (κ2) is 8.25. The van der Waals surface area contributed by atoms with Crippen LogP contribution in [0, 0.1) is 6.92 Å². The fourth-order valence-corrected chi connectivity index (χ4v) is 2.51. The van der Waals surface area contributed by atoms with Crippen molar-refractivity contribution in [2.24, 2.45) is 0 Å². The summed E-state index contributed by atoms with van der Waals surface area (Å²) in [6.07, 6.45) is 3.32. The van der Waals surface area contributed by atoms with Crippen molar-refractivity contribution in [1.82, 2.24) is 15.3 Å². The number of amides is 1.